The Morgan fingerprint density at radius 3 is 2.95 bits per heavy atom. The fraction of sp³-hybridized carbons (Fsp3) is 0.562. The maximum absolute atomic E-state index is 12.7. The Balaban J connectivity index is 2.06. The summed E-state index contributed by atoms with van der Waals surface area (Å²) in [5.74, 6) is 0.239. The standard InChI is InChI=1S/C16H24N2O2/c1-4-18(12(2)11-20-3)16(19)14-9-13-7-5-6-8-15(13)17-10-14/h5-8,12,14,17H,4,9-11H2,1-3H3. The van der Waals surface area contributed by atoms with E-state index in [1.807, 2.05) is 30.9 Å². The number of carbonyl (C=O) groups excluding carboxylic acids is 1. The van der Waals surface area contributed by atoms with Crippen LogP contribution in [0, 0.1) is 5.92 Å². The molecule has 20 heavy (non-hydrogen) atoms. The van der Waals surface area contributed by atoms with Crippen LogP contribution in [0.1, 0.15) is 19.4 Å². The van der Waals surface area contributed by atoms with Crippen molar-refractivity contribution in [2.75, 3.05) is 32.1 Å². The molecule has 4 heteroatoms. The lowest BCUT2D eigenvalue weighted by molar-refractivity contribution is -0.138. The summed E-state index contributed by atoms with van der Waals surface area (Å²) < 4.78 is 5.17. The molecule has 1 amide bonds. The molecule has 0 aromatic heterocycles. The number of carbonyl (C=O) groups is 1. The third kappa shape index (κ3) is 3.12. The summed E-state index contributed by atoms with van der Waals surface area (Å²) in [6.07, 6.45) is 0.818. The van der Waals surface area contributed by atoms with Crippen molar-refractivity contribution in [2.24, 2.45) is 5.92 Å². The molecule has 110 valence electrons. The zero-order valence-electron chi connectivity index (χ0n) is 12.6. The molecule has 0 saturated carbocycles. The Morgan fingerprint density at radius 2 is 2.25 bits per heavy atom. The van der Waals surface area contributed by atoms with Crippen LogP contribution >= 0.6 is 0 Å². The lowest BCUT2D eigenvalue weighted by Crippen LogP contribution is -2.47. The number of benzene rings is 1. The van der Waals surface area contributed by atoms with E-state index in [4.69, 9.17) is 4.74 Å². The van der Waals surface area contributed by atoms with Gasteiger partial charge in [-0.3, -0.25) is 4.79 Å². The van der Waals surface area contributed by atoms with E-state index < -0.39 is 0 Å². The quantitative estimate of drug-likeness (QED) is 0.896. The van der Waals surface area contributed by atoms with Gasteiger partial charge in [0.05, 0.1) is 18.6 Å². The molecule has 0 aliphatic carbocycles. The zero-order chi connectivity index (χ0) is 14.5. The molecule has 4 nitrogen and oxygen atoms in total. The first-order valence-corrected chi connectivity index (χ1v) is 7.28. The topological polar surface area (TPSA) is 41.6 Å². The van der Waals surface area contributed by atoms with Crippen molar-refractivity contribution in [3.05, 3.63) is 29.8 Å². The van der Waals surface area contributed by atoms with E-state index in [0.717, 1.165) is 18.7 Å². The second kappa shape index (κ2) is 6.75. The van der Waals surface area contributed by atoms with E-state index in [9.17, 15) is 4.79 Å². The first kappa shape index (κ1) is 14.9. The van der Waals surface area contributed by atoms with Crippen LogP contribution in [-0.2, 0) is 16.0 Å². The summed E-state index contributed by atoms with van der Waals surface area (Å²) in [6, 6.07) is 8.33. The zero-order valence-corrected chi connectivity index (χ0v) is 12.6. The van der Waals surface area contributed by atoms with Gasteiger partial charge in [-0.25, -0.2) is 0 Å². The third-order valence-electron chi connectivity index (χ3n) is 3.94. The molecule has 1 aliphatic rings. The molecule has 0 saturated heterocycles. The van der Waals surface area contributed by atoms with Crippen molar-refractivity contribution < 1.29 is 9.53 Å². The van der Waals surface area contributed by atoms with Crippen LogP contribution in [-0.4, -0.2) is 43.7 Å². The number of hydrogen-bond donors (Lipinski definition) is 1. The molecule has 1 N–H and O–H groups in total. The van der Waals surface area contributed by atoms with E-state index in [-0.39, 0.29) is 17.9 Å². The maximum Gasteiger partial charge on any atom is 0.228 e. The molecule has 1 aromatic rings. The maximum atomic E-state index is 12.7. The highest BCUT2D eigenvalue weighted by Crippen LogP contribution is 2.25. The molecule has 2 unspecified atom stereocenters. The fourth-order valence-electron chi connectivity index (χ4n) is 2.87. The van der Waals surface area contributed by atoms with Crippen LogP contribution in [0.5, 0.6) is 0 Å². The van der Waals surface area contributed by atoms with Crippen LogP contribution in [0.4, 0.5) is 5.69 Å². The lowest BCUT2D eigenvalue weighted by Gasteiger charge is -2.33. The van der Waals surface area contributed by atoms with Gasteiger partial charge in [0.1, 0.15) is 0 Å². The number of methoxy groups -OCH3 is 1. The third-order valence-corrected chi connectivity index (χ3v) is 3.94. The first-order valence-electron chi connectivity index (χ1n) is 7.28. The highest BCUT2D eigenvalue weighted by Gasteiger charge is 2.29. The van der Waals surface area contributed by atoms with Crippen molar-refractivity contribution in [3.8, 4) is 0 Å². The fourth-order valence-corrected chi connectivity index (χ4v) is 2.87. The van der Waals surface area contributed by atoms with Gasteiger partial charge in [-0.15, -0.1) is 0 Å². The minimum atomic E-state index is 0.0177. The molecule has 1 aromatic carbocycles. The van der Waals surface area contributed by atoms with Crippen LogP contribution < -0.4 is 5.32 Å². The average molecular weight is 276 g/mol. The van der Waals surface area contributed by atoms with Crippen LogP contribution in [0.3, 0.4) is 0 Å². The summed E-state index contributed by atoms with van der Waals surface area (Å²) in [5.41, 5.74) is 2.39. The average Bonchev–Trinajstić information content (AvgIpc) is 2.47. The number of para-hydroxylation sites is 1. The highest BCUT2D eigenvalue weighted by atomic mass is 16.5. The van der Waals surface area contributed by atoms with Gasteiger partial charge < -0.3 is 15.0 Å². The van der Waals surface area contributed by atoms with Crippen LogP contribution in [0.15, 0.2) is 24.3 Å². The Kier molecular flexibility index (Phi) is 5.01. The van der Waals surface area contributed by atoms with E-state index in [2.05, 4.69) is 17.4 Å². The van der Waals surface area contributed by atoms with Crippen LogP contribution in [0.2, 0.25) is 0 Å². The number of anilines is 1. The van der Waals surface area contributed by atoms with E-state index in [1.54, 1.807) is 7.11 Å². The Morgan fingerprint density at radius 1 is 1.50 bits per heavy atom. The van der Waals surface area contributed by atoms with E-state index in [0.29, 0.717) is 13.2 Å². The van der Waals surface area contributed by atoms with Crippen molar-refractivity contribution in [1.29, 1.82) is 0 Å². The smallest absolute Gasteiger partial charge is 0.228 e. The number of ether oxygens (including phenoxy) is 1. The van der Waals surface area contributed by atoms with E-state index in [1.165, 1.54) is 5.56 Å². The lowest BCUT2D eigenvalue weighted by atomic mass is 9.92. The molecular weight excluding hydrogens is 252 g/mol. The van der Waals surface area contributed by atoms with Crippen molar-refractivity contribution in [1.82, 2.24) is 4.90 Å². The summed E-state index contributed by atoms with van der Waals surface area (Å²) >= 11 is 0. The predicted molar refractivity (Wildman–Crippen MR) is 80.9 cm³/mol. The number of rotatable bonds is 5. The first-order chi connectivity index (χ1) is 9.67. The second-order valence-corrected chi connectivity index (χ2v) is 5.37. The molecule has 0 spiro atoms. The van der Waals surface area contributed by atoms with Gasteiger partial charge in [0.2, 0.25) is 5.91 Å². The minimum Gasteiger partial charge on any atom is -0.384 e. The van der Waals surface area contributed by atoms with Gasteiger partial charge >= 0.3 is 0 Å². The van der Waals surface area contributed by atoms with Crippen molar-refractivity contribution in [3.63, 3.8) is 0 Å². The van der Waals surface area contributed by atoms with Gasteiger partial charge in [0.25, 0.3) is 0 Å². The number of likely N-dealkylation sites (N-methyl/N-ethyl adjacent to an activating group) is 1. The molecule has 2 atom stereocenters. The van der Waals surface area contributed by atoms with Crippen molar-refractivity contribution in [2.45, 2.75) is 26.3 Å². The monoisotopic (exact) mass is 276 g/mol. The minimum absolute atomic E-state index is 0.0177. The summed E-state index contributed by atoms with van der Waals surface area (Å²) in [6.45, 7) is 6.08. The molecule has 0 radical (unpaired) electrons. The van der Waals surface area contributed by atoms with Gasteiger partial charge in [0.15, 0.2) is 0 Å². The van der Waals surface area contributed by atoms with E-state index >= 15 is 0 Å². The molecule has 2 rings (SSSR count). The Bertz CT molecular complexity index is 462. The van der Waals surface area contributed by atoms with Crippen LogP contribution in [0.25, 0.3) is 0 Å². The largest absolute Gasteiger partial charge is 0.384 e. The number of fused-ring (bicyclic) bond motifs is 1. The summed E-state index contributed by atoms with van der Waals surface area (Å²) in [5, 5.41) is 3.36. The molecular formula is C16H24N2O2. The highest BCUT2D eigenvalue weighted by molar-refractivity contribution is 5.81. The van der Waals surface area contributed by atoms with Crippen molar-refractivity contribution >= 4 is 11.6 Å². The number of hydrogen-bond acceptors (Lipinski definition) is 3. The summed E-state index contributed by atoms with van der Waals surface area (Å²) in [7, 11) is 1.67. The Labute approximate surface area is 121 Å². The predicted octanol–water partition coefficient (Wildman–Crippen LogP) is 2.15. The summed E-state index contributed by atoms with van der Waals surface area (Å²) in [4.78, 5) is 14.6. The number of nitrogens with zero attached hydrogens (tertiary/aromatic N) is 1. The molecule has 0 fully saturated rings. The normalized spacial score (nSPS) is 18.9. The molecule has 1 heterocycles. The number of nitrogens with one attached hydrogen (secondary N) is 1. The number of amides is 1. The van der Waals surface area contributed by atoms with Gasteiger partial charge in [-0.05, 0) is 31.9 Å². The molecule has 1 aliphatic heterocycles. The SMILES string of the molecule is CCN(C(=O)C1CNc2ccccc2C1)C(C)COC. The Hall–Kier alpha value is -1.55. The molecule has 0 bridgehead atoms. The second-order valence-electron chi connectivity index (χ2n) is 5.37. The van der Waals surface area contributed by atoms with Gasteiger partial charge in [-0.1, -0.05) is 18.2 Å². The van der Waals surface area contributed by atoms with Gasteiger partial charge in [0, 0.05) is 25.9 Å². The van der Waals surface area contributed by atoms with Gasteiger partial charge in [-0.2, -0.15) is 0 Å².